The number of ether oxygens (including phenoxy) is 1. The van der Waals surface area contributed by atoms with Crippen LogP contribution in [0.25, 0.3) is 0 Å². The highest BCUT2D eigenvalue weighted by Gasteiger charge is 2.41. The number of aliphatic carboxylic acids is 1. The summed E-state index contributed by atoms with van der Waals surface area (Å²) in [5.41, 5.74) is 6.77. The fourth-order valence-electron chi connectivity index (χ4n) is 3.19. The van der Waals surface area contributed by atoms with Crippen LogP contribution in [0, 0.1) is 0 Å². The van der Waals surface area contributed by atoms with Crippen molar-refractivity contribution in [3.63, 3.8) is 0 Å². The van der Waals surface area contributed by atoms with Crippen molar-refractivity contribution in [3.8, 4) is 0 Å². The van der Waals surface area contributed by atoms with E-state index in [2.05, 4.69) is 0 Å². The van der Waals surface area contributed by atoms with Crippen molar-refractivity contribution in [2.24, 2.45) is 5.73 Å². The molecule has 0 saturated carbocycles. The molecule has 0 amide bonds. The van der Waals surface area contributed by atoms with Crippen LogP contribution in [0.1, 0.15) is 23.1 Å². The lowest BCUT2D eigenvalue weighted by Crippen LogP contribution is -2.42. The Morgan fingerprint density at radius 1 is 0.786 bits per heavy atom. The van der Waals surface area contributed by atoms with Gasteiger partial charge in [-0.25, -0.2) is 0 Å². The van der Waals surface area contributed by atoms with E-state index in [-0.39, 0.29) is 0 Å². The molecule has 0 heterocycles. The smallest absolute Gasteiger partial charge is 0.325 e. The zero-order valence-corrected chi connectivity index (χ0v) is 15.2. The van der Waals surface area contributed by atoms with Crippen molar-refractivity contribution >= 4 is 11.9 Å². The van der Waals surface area contributed by atoms with E-state index in [1.807, 2.05) is 91.0 Å². The molecule has 3 aromatic carbocycles. The number of nitrogens with two attached hydrogens (primary N) is 1. The normalized spacial score (nSPS) is 12.2. The first-order chi connectivity index (χ1) is 13.5. The van der Waals surface area contributed by atoms with Crippen molar-refractivity contribution in [2.75, 3.05) is 0 Å². The van der Waals surface area contributed by atoms with E-state index in [4.69, 9.17) is 15.6 Å². The van der Waals surface area contributed by atoms with E-state index in [0.29, 0.717) is 0 Å². The van der Waals surface area contributed by atoms with Crippen molar-refractivity contribution < 1.29 is 19.4 Å². The quantitative estimate of drug-likeness (QED) is 0.488. The third kappa shape index (κ3) is 3.94. The maximum atomic E-state index is 12.8. The Bertz CT molecular complexity index is 830. The minimum atomic E-state index is -1.27. The largest absolute Gasteiger partial charge is 0.481 e. The Kier molecular flexibility index (Phi) is 5.87. The summed E-state index contributed by atoms with van der Waals surface area (Å²) in [4.78, 5) is 23.8. The van der Waals surface area contributed by atoms with Crippen LogP contribution in [-0.2, 0) is 19.9 Å². The first kappa shape index (κ1) is 19.3. The molecule has 5 nitrogen and oxygen atoms in total. The molecule has 0 aliphatic rings. The molecule has 3 aromatic rings. The second-order valence-electron chi connectivity index (χ2n) is 6.40. The lowest BCUT2D eigenvalue weighted by molar-refractivity contribution is -0.157. The second-order valence-corrected chi connectivity index (χ2v) is 6.40. The van der Waals surface area contributed by atoms with Crippen LogP contribution in [0.3, 0.4) is 0 Å². The van der Waals surface area contributed by atoms with E-state index in [1.54, 1.807) is 0 Å². The fraction of sp³-hybridized carbons (Fsp3) is 0.130. The summed E-state index contributed by atoms with van der Waals surface area (Å²) in [7, 11) is 0. The van der Waals surface area contributed by atoms with Gasteiger partial charge in [0, 0.05) is 16.7 Å². The topological polar surface area (TPSA) is 89.6 Å². The molecule has 28 heavy (non-hydrogen) atoms. The molecule has 0 unspecified atom stereocenters. The fourth-order valence-corrected chi connectivity index (χ4v) is 3.19. The van der Waals surface area contributed by atoms with E-state index in [0.717, 1.165) is 16.7 Å². The summed E-state index contributed by atoms with van der Waals surface area (Å²) in [5.74, 6) is -1.94. The van der Waals surface area contributed by atoms with E-state index in [1.165, 1.54) is 0 Å². The Morgan fingerprint density at radius 2 is 1.14 bits per heavy atom. The van der Waals surface area contributed by atoms with Gasteiger partial charge in [-0.2, -0.15) is 0 Å². The van der Waals surface area contributed by atoms with Gasteiger partial charge in [-0.1, -0.05) is 91.0 Å². The standard InChI is InChI=1S/C23H21NO4/c24-20(16-21(25)26)22(27)28-23(17-10-4-1-5-11-17,18-12-6-2-7-13-18)19-14-8-3-9-15-19/h1-15,20H,16,24H2,(H,25,26)/t20-/m0/s1. The molecule has 0 aromatic heterocycles. The molecule has 0 aliphatic heterocycles. The van der Waals surface area contributed by atoms with E-state index < -0.39 is 30.0 Å². The third-order valence-corrected chi connectivity index (χ3v) is 4.49. The maximum Gasteiger partial charge on any atom is 0.325 e. The lowest BCUT2D eigenvalue weighted by Gasteiger charge is -2.36. The molecule has 142 valence electrons. The molecular weight excluding hydrogens is 354 g/mol. The first-order valence-corrected chi connectivity index (χ1v) is 8.91. The summed E-state index contributed by atoms with van der Waals surface area (Å²) >= 11 is 0. The van der Waals surface area contributed by atoms with Crippen LogP contribution in [0.4, 0.5) is 0 Å². The summed E-state index contributed by atoms with van der Waals surface area (Å²) in [6.07, 6.45) is -0.507. The molecule has 3 rings (SSSR count). The predicted molar refractivity (Wildman–Crippen MR) is 106 cm³/mol. The Balaban J connectivity index is 2.19. The Labute approximate surface area is 163 Å². The number of hydrogen-bond donors (Lipinski definition) is 2. The van der Waals surface area contributed by atoms with Gasteiger partial charge in [-0.3, -0.25) is 9.59 Å². The Morgan fingerprint density at radius 3 is 1.46 bits per heavy atom. The van der Waals surface area contributed by atoms with Crippen molar-refractivity contribution in [2.45, 2.75) is 18.1 Å². The predicted octanol–water partition coefficient (Wildman–Crippen LogP) is 3.32. The van der Waals surface area contributed by atoms with Crippen LogP contribution < -0.4 is 5.73 Å². The molecule has 0 radical (unpaired) electrons. The van der Waals surface area contributed by atoms with Gasteiger partial charge in [0.1, 0.15) is 6.04 Å². The number of hydrogen-bond acceptors (Lipinski definition) is 4. The van der Waals surface area contributed by atoms with Crippen molar-refractivity contribution in [3.05, 3.63) is 108 Å². The summed E-state index contributed by atoms with van der Waals surface area (Å²) in [6, 6.07) is 26.8. The molecule has 0 fully saturated rings. The molecule has 3 N–H and O–H groups in total. The van der Waals surface area contributed by atoms with Gasteiger partial charge in [0.2, 0.25) is 0 Å². The minimum Gasteiger partial charge on any atom is -0.481 e. The lowest BCUT2D eigenvalue weighted by atomic mass is 9.80. The number of carbonyl (C=O) groups excluding carboxylic acids is 1. The third-order valence-electron chi connectivity index (χ3n) is 4.49. The molecular formula is C23H21NO4. The maximum absolute atomic E-state index is 12.8. The first-order valence-electron chi connectivity index (χ1n) is 8.91. The summed E-state index contributed by atoms with van der Waals surface area (Å²) in [6.45, 7) is 0. The second kappa shape index (κ2) is 8.50. The number of benzene rings is 3. The average molecular weight is 375 g/mol. The monoisotopic (exact) mass is 375 g/mol. The molecule has 0 saturated heterocycles. The molecule has 0 bridgehead atoms. The van der Waals surface area contributed by atoms with Gasteiger partial charge >= 0.3 is 11.9 Å². The summed E-state index contributed by atoms with van der Waals surface area (Å²) in [5, 5.41) is 8.99. The number of carboxylic acids is 1. The van der Waals surface area contributed by atoms with Crippen LogP contribution in [0.2, 0.25) is 0 Å². The average Bonchev–Trinajstić information content (AvgIpc) is 2.73. The van der Waals surface area contributed by atoms with E-state index >= 15 is 0 Å². The SMILES string of the molecule is N[C@@H](CC(=O)O)C(=O)OC(c1ccccc1)(c1ccccc1)c1ccccc1. The Hall–Kier alpha value is -3.44. The van der Waals surface area contributed by atoms with E-state index in [9.17, 15) is 9.59 Å². The van der Waals surface area contributed by atoms with Crippen LogP contribution in [0.5, 0.6) is 0 Å². The van der Waals surface area contributed by atoms with Gasteiger partial charge in [-0.15, -0.1) is 0 Å². The van der Waals surface area contributed by atoms with Crippen LogP contribution in [0.15, 0.2) is 91.0 Å². The van der Waals surface area contributed by atoms with Gasteiger partial charge in [0.25, 0.3) is 0 Å². The number of rotatable bonds is 7. The zero-order valence-electron chi connectivity index (χ0n) is 15.2. The number of carbonyl (C=O) groups is 2. The van der Waals surface area contributed by atoms with Gasteiger partial charge < -0.3 is 15.6 Å². The van der Waals surface area contributed by atoms with Gasteiger partial charge in [0.15, 0.2) is 5.60 Å². The molecule has 0 aliphatic carbocycles. The number of esters is 1. The minimum absolute atomic E-state index is 0.507. The van der Waals surface area contributed by atoms with Crippen molar-refractivity contribution in [1.29, 1.82) is 0 Å². The van der Waals surface area contributed by atoms with Gasteiger partial charge in [-0.05, 0) is 0 Å². The van der Waals surface area contributed by atoms with Crippen LogP contribution in [-0.4, -0.2) is 23.1 Å². The molecule has 5 heteroatoms. The highest BCUT2D eigenvalue weighted by molar-refractivity contribution is 5.82. The highest BCUT2D eigenvalue weighted by Crippen LogP contribution is 2.40. The summed E-state index contributed by atoms with van der Waals surface area (Å²) < 4.78 is 6.03. The van der Waals surface area contributed by atoms with Crippen LogP contribution >= 0.6 is 0 Å². The van der Waals surface area contributed by atoms with Gasteiger partial charge in [0.05, 0.1) is 6.42 Å². The molecule has 1 atom stereocenters. The van der Waals surface area contributed by atoms with Crippen molar-refractivity contribution in [1.82, 2.24) is 0 Å². The molecule has 0 spiro atoms. The number of carboxylic acid groups (broad SMARTS) is 1. The zero-order chi connectivity index (χ0) is 20.0. The highest BCUT2D eigenvalue weighted by atomic mass is 16.6.